The van der Waals surface area contributed by atoms with Gasteiger partial charge >= 0.3 is 0 Å². The van der Waals surface area contributed by atoms with Gasteiger partial charge in [0, 0.05) is 11.3 Å². The molecular formula is C15H14FN3OS. The van der Waals surface area contributed by atoms with E-state index in [0.29, 0.717) is 22.3 Å². The van der Waals surface area contributed by atoms with E-state index in [0.717, 1.165) is 16.0 Å². The molecule has 2 N–H and O–H groups in total. The molecule has 0 saturated carbocycles. The van der Waals surface area contributed by atoms with Gasteiger partial charge in [0.15, 0.2) is 5.82 Å². The summed E-state index contributed by atoms with van der Waals surface area (Å²) in [5.41, 5.74) is 8.35. The third-order valence-corrected chi connectivity index (χ3v) is 4.44. The third-order valence-electron chi connectivity index (χ3n) is 3.40. The summed E-state index contributed by atoms with van der Waals surface area (Å²) in [5, 5.41) is 4.58. The number of rotatable bonds is 3. The molecule has 0 bridgehead atoms. The molecule has 108 valence electrons. The fourth-order valence-corrected chi connectivity index (χ4v) is 3.09. The van der Waals surface area contributed by atoms with Crippen molar-refractivity contribution in [3.8, 4) is 11.5 Å². The number of anilines is 1. The molecule has 0 amide bonds. The molecule has 0 aliphatic rings. The van der Waals surface area contributed by atoms with Gasteiger partial charge < -0.3 is 10.3 Å². The van der Waals surface area contributed by atoms with Crippen LogP contribution in [0.2, 0.25) is 0 Å². The molecule has 1 aromatic carbocycles. The number of nitrogen functional groups attached to an aromatic ring is 1. The monoisotopic (exact) mass is 303 g/mol. The van der Waals surface area contributed by atoms with Crippen molar-refractivity contribution in [1.29, 1.82) is 0 Å². The number of nitrogens with two attached hydrogens (primary N) is 1. The van der Waals surface area contributed by atoms with Crippen LogP contribution in [0.1, 0.15) is 21.8 Å². The minimum Gasteiger partial charge on any atom is -0.390 e. The molecule has 0 spiro atoms. The molecule has 21 heavy (non-hydrogen) atoms. The SMILES string of the molecule is Cc1sc(N)c(-c2nc(Cc3ccccc3F)no2)c1C. The molecule has 0 radical (unpaired) electrons. The summed E-state index contributed by atoms with van der Waals surface area (Å²) in [6.45, 7) is 3.97. The standard InChI is InChI=1S/C15H14FN3OS/c1-8-9(2)21-14(17)13(8)15-18-12(19-20-15)7-10-5-3-4-6-11(10)16/h3-6H,7,17H2,1-2H3. The average Bonchev–Trinajstić information content (AvgIpc) is 2.98. The molecule has 0 unspecified atom stereocenters. The lowest BCUT2D eigenvalue weighted by molar-refractivity contribution is 0.423. The number of halogens is 1. The highest BCUT2D eigenvalue weighted by molar-refractivity contribution is 7.16. The van der Waals surface area contributed by atoms with Crippen LogP contribution in [0.4, 0.5) is 9.39 Å². The summed E-state index contributed by atoms with van der Waals surface area (Å²) in [5.74, 6) is 0.560. The van der Waals surface area contributed by atoms with Crippen molar-refractivity contribution in [2.24, 2.45) is 0 Å². The minimum atomic E-state index is -0.272. The number of nitrogens with zero attached hydrogens (tertiary/aromatic N) is 2. The molecule has 2 aromatic heterocycles. The van der Waals surface area contributed by atoms with E-state index in [4.69, 9.17) is 10.3 Å². The normalized spacial score (nSPS) is 11.0. The van der Waals surface area contributed by atoms with E-state index < -0.39 is 0 Å². The van der Waals surface area contributed by atoms with Crippen LogP contribution in [-0.4, -0.2) is 10.1 Å². The summed E-state index contributed by atoms with van der Waals surface area (Å²) >= 11 is 1.50. The molecule has 4 nitrogen and oxygen atoms in total. The van der Waals surface area contributed by atoms with Gasteiger partial charge in [-0.1, -0.05) is 23.4 Å². The van der Waals surface area contributed by atoms with Crippen molar-refractivity contribution in [2.75, 3.05) is 5.73 Å². The highest BCUT2D eigenvalue weighted by atomic mass is 32.1. The topological polar surface area (TPSA) is 64.9 Å². The summed E-state index contributed by atoms with van der Waals surface area (Å²) in [7, 11) is 0. The molecule has 3 aromatic rings. The Labute approximate surface area is 125 Å². The number of hydrogen-bond acceptors (Lipinski definition) is 5. The predicted molar refractivity (Wildman–Crippen MR) is 80.7 cm³/mol. The first-order chi connectivity index (χ1) is 10.1. The fraction of sp³-hybridized carbons (Fsp3) is 0.200. The second-order valence-corrected chi connectivity index (χ2v) is 6.06. The molecule has 0 fully saturated rings. The Morgan fingerprint density at radius 1 is 1.29 bits per heavy atom. The summed E-state index contributed by atoms with van der Waals surface area (Å²) in [4.78, 5) is 5.46. The molecule has 0 atom stereocenters. The lowest BCUT2D eigenvalue weighted by atomic mass is 10.1. The summed E-state index contributed by atoms with van der Waals surface area (Å²) in [6.07, 6.45) is 0.290. The number of benzene rings is 1. The zero-order chi connectivity index (χ0) is 15.0. The Hall–Kier alpha value is -2.21. The van der Waals surface area contributed by atoms with Crippen LogP contribution in [0.25, 0.3) is 11.5 Å². The maximum Gasteiger partial charge on any atom is 0.261 e. The Balaban J connectivity index is 1.92. The van der Waals surface area contributed by atoms with Crippen LogP contribution < -0.4 is 5.73 Å². The van der Waals surface area contributed by atoms with E-state index in [1.807, 2.05) is 13.8 Å². The zero-order valence-corrected chi connectivity index (χ0v) is 12.5. The first-order valence-corrected chi connectivity index (χ1v) is 7.29. The van der Waals surface area contributed by atoms with E-state index in [-0.39, 0.29) is 12.2 Å². The first-order valence-electron chi connectivity index (χ1n) is 6.48. The molecular weight excluding hydrogens is 289 g/mol. The fourth-order valence-electron chi connectivity index (χ4n) is 2.16. The number of thiophene rings is 1. The number of aromatic nitrogens is 2. The van der Waals surface area contributed by atoms with E-state index in [2.05, 4.69) is 10.1 Å². The Morgan fingerprint density at radius 2 is 2.05 bits per heavy atom. The Morgan fingerprint density at radius 3 is 2.71 bits per heavy atom. The largest absolute Gasteiger partial charge is 0.390 e. The predicted octanol–water partition coefficient (Wildman–Crippen LogP) is 3.73. The smallest absolute Gasteiger partial charge is 0.261 e. The second-order valence-electron chi connectivity index (χ2n) is 4.81. The van der Waals surface area contributed by atoms with Gasteiger partial charge in [0.1, 0.15) is 5.82 Å². The van der Waals surface area contributed by atoms with Gasteiger partial charge in [-0.2, -0.15) is 4.98 Å². The van der Waals surface area contributed by atoms with Crippen molar-refractivity contribution in [3.63, 3.8) is 0 Å². The van der Waals surface area contributed by atoms with Gasteiger partial charge in [-0.3, -0.25) is 0 Å². The van der Waals surface area contributed by atoms with Crippen LogP contribution in [0.15, 0.2) is 28.8 Å². The Bertz CT molecular complexity index is 794. The zero-order valence-electron chi connectivity index (χ0n) is 11.7. The number of hydrogen-bond donors (Lipinski definition) is 1. The minimum absolute atomic E-state index is 0.272. The maximum absolute atomic E-state index is 13.6. The first kappa shape index (κ1) is 13.8. The van der Waals surface area contributed by atoms with Crippen molar-refractivity contribution < 1.29 is 8.91 Å². The summed E-state index contributed by atoms with van der Waals surface area (Å²) < 4.78 is 18.9. The van der Waals surface area contributed by atoms with Crippen LogP contribution in [0.3, 0.4) is 0 Å². The molecule has 6 heteroatoms. The number of aryl methyl sites for hydroxylation is 1. The highest BCUT2D eigenvalue weighted by Gasteiger charge is 2.18. The van der Waals surface area contributed by atoms with E-state index in [1.165, 1.54) is 17.4 Å². The summed E-state index contributed by atoms with van der Waals surface area (Å²) in [6, 6.07) is 6.56. The van der Waals surface area contributed by atoms with E-state index >= 15 is 0 Å². The molecule has 0 aliphatic heterocycles. The van der Waals surface area contributed by atoms with Gasteiger partial charge in [-0.05, 0) is 31.0 Å². The van der Waals surface area contributed by atoms with Crippen LogP contribution in [0, 0.1) is 19.7 Å². The van der Waals surface area contributed by atoms with E-state index in [1.54, 1.807) is 18.2 Å². The quantitative estimate of drug-likeness (QED) is 0.800. The highest BCUT2D eigenvalue weighted by Crippen LogP contribution is 2.37. The lowest BCUT2D eigenvalue weighted by Gasteiger charge is -1.98. The lowest BCUT2D eigenvalue weighted by Crippen LogP contribution is -1.94. The molecule has 0 aliphatic carbocycles. The van der Waals surface area contributed by atoms with Gasteiger partial charge in [-0.15, -0.1) is 11.3 Å². The van der Waals surface area contributed by atoms with E-state index in [9.17, 15) is 4.39 Å². The Kier molecular flexibility index (Phi) is 3.47. The molecule has 2 heterocycles. The van der Waals surface area contributed by atoms with Gasteiger partial charge in [0.05, 0.1) is 10.6 Å². The molecule has 3 rings (SSSR count). The van der Waals surface area contributed by atoms with Crippen molar-refractivity contribution in [3.05, 3.63) is 51.9 Å². The van der Waals surface area contributed by atoms with Crippen LogP contribution in [0.5, 0.6) is 0 Å². The second kappa shape index (κ2) is 5.29. The maximum atomic E-state index is 13.6. The van der Waals surface area contributed by atoms with Crippen molar-refractivity contribution in [2.45, 2.75) is 20.3 Å². The van der Waals surface area contributed by atoms with Gasteiger partial charge in [0.2, 0.25) is 0 Å². The van der Waals surface area contributed by atoms with Crippen molar-refractivity contribution >= 4 is 16.3 Å². The van der Waals surface area contributed by atoms with Crippen molar-refractivity contribution in [1.82, 2.24) is 10.1 Å². The van der Waals surface area contributed by atoms with Crippen LogP contribution >= 0.6 is 11.3 Å². The average molecular weight is 303 g/mol. The third kappa shape index (κ3) is 2.54. The van der Waals surface area contributed by atoms with Gasteiger partial charge in [0.25, 0.3) is 5.89 Å². The molecule has 0 saturated heterocycles. The van der Waals surface area contributed by atoms with Crippen LogP contribution in [-0.2, 0) is 6.42 Å². The van der Waals surface area contributed by atoms with Gasteiger partial charge in [-0.25, -0.2) is 4.39 Å².